The Labute approximate surface area is 299 Å². The lowest BCUT2D eigenvalue weighted by Crippen LogP contribution is -2.42. The fourth-order valence-electron chi connectivity index (χ4n) is 5.26. The second kappa shape index (κ2) is 17.6. The molecular weight excluding hydrogens is 682 g/mol. The Hall–Kier alpha value is -5.06. The molecule has 0 saturated carbocycles. The number of nitrogens with zero attached hydrogens (tertiary/aromatic N) is 1. The topological polar surface area (TPSA) is 126 Å². The molecule has 0 aliphatic carbocycles. The van der Waals surface area contributed by atoms with Crippen LogP contribution >= 0.6 is 23.2 Å². The van der Waals surface area contributed by atoms with E-state index in [0.717, 1.165) is 16.7 Å². The summed E-state index contributed by atoms with van der Waals surface area (Å²) in [6.07, 6.45) is -0.862. The predicted octanol–water partition coefficient (Wildman–Crippen LogP) is 6.16. The van der Waals surface area contributed by atoms with Crippen LogP contribution in [-0.4, -0.2) is 61.3 Å². The van der Waals surface area contributed by atoms with E-state index < -0.39 is 30.0 Å². The maximum atomic E-state index is 13.4. The van der Waals surface area contributed by atoms with Gasteiger partial charge in [0.15, 0.2) is 5.78 Å². The van der Waals surface area contributed by atoms with Crippen LogP contribution < -0.4 is 16.0 Å². The molecule has 3 N–H and O–H groups in total. The number of amidine groups is 1. The Morgan fingerprint density at radius 3 is 2.22 bits per heavy atom. The minimum absolute atomic E-state index is 0.0207. The number of ketones is 1. The molecular formula is C38H35Cl2FN4O5. The first-order chi connectivity index (χ1) is 24.2. The number of esters is 1. The first-order valence-electron chi connectivity index (χ1n) is 16.0. The predicted molar refractivity (Wildman–Crippen MR) is 191 cm³/mol. The van der Waals surface area contributed by atoms with Crippen molar-refractivity contribution < 1.29 is 28.3 Å². The van der Waals surface area contributed by atoms with Gasteiger partial charge in [0, 0.05) is 24.9 Å². The van der Waals surface area contributed by atoms with Crippen LogP contribution in [0.5, 0.6) is 0 Å². The zero-order chi connectivity index (χ0) is 35.5. The van der Waals surface area contributed by atoms with Crippen molar-refractivity contribution in [3.8, 4) is 11.1 Å². The van der Waals surface area contributed by atoms with Crippen molar-refractivity contribution >= 4 is 52.6 Å². The molecule has 4 aromatic carbocycles. The Balaban J connectivity index is 1.21. The van der Waals surface area contributed by atoms with Crippen molar-refractivity contribution in [3.63, 3.8) is 0 Å². The molecule has 9 nitrogen and oxygen atoms in total. The normalized spacial score (nSPS) is 14.5. The monoisotopic (exact) mass is 716 g/mol. The number of halogens is 3. The number of hydrogen-bond acceptors (Lipinski definition) is 7. The molecule has 12 heteroatoms. The number of amides is 2. The smallest absolute Gasteiger partial charge is 0.328 e. The molecule has 5 rings (SSSR count). The van der Waals surface area contributed by atoms with Gasteiger partial charge in [-0.15, -0.1) is 0 Å². The molecule has 0 aromatic heterocycles. The Morgan fingerprint density at radius 1 is 0.860 bits per heavy atom. The van der Waals surface area contributed by atoms with Gasteiger partial charge in [-0.2, -0.15) is 0 Å². The second-order valence-corrected chi connectivity index (χ2v) is 12.5. The first kappa shape index (κ1) is 36.2. The van der Waals surface area contributed by atoms with E-state index >= 15 is 0 Å². The molecule has 0 bridgehead atoms. The van der Waals surface area contributed by atoms with E-state index in [0.29, 0.717) is 23.4 Å². The molecule has 1 heterocycles. The van der Waals surface area contributed by atoms with Crippen LogP contribution in [0.1, 0.15) is 44.7 Å². The van der Waals surface area contributed by atoms with Crippen molar-refractivity contribution in [1.82, 2.24) is 16.0 Å². The molecule has 0 spiro atoms. The highest BCUT2D eigenvalue weighted by atomic mass is 35.5. The molecule has 258 valence electrons. The number of alkyl halides is 1. The second-order valence-electron chi connectivity index (χ2n) is 11.7. The van der Waals surface area contributed by atoms with Gasteiger partial charge in [-0.1, -0.05) is 96.0 Å². The van der Waals surface area contributed by atoms with Crippen LogP contribution in [0.25, 0.3) is 11.1 Å². The Bertz CT molecular complexity index is 1850. The van der Waals surface area contributed by atoms with Gasteiger partial charge in [-0.25, -0.2) is 9.18 Å². The maximum Gasteiger partial charge on any atom is 0.328 e. The van der Waals surface area contributed by atoms with Gasteiger partial charge in [0.25, 0.3) is 11.8 Å². The average molecular weight is 718 g/mol. The lowest BCUT2D eigenvalue weighted by molar-refractivity contribution is -0.147. The number of carbonyl (C=O) groups excluding carboxylic acids is 4. The molecule has 0 radical (unpaired) electrons. The number of ether oxygens (including phenoxy) is 1. The summed E-state index contributed by atoms with van der Waals surface area (Å²) in [5.74, 6) is -1.64. The van der Waals surface area contributed by atoms with Gasteiger partial charge >= 0.3 is 5.97 Å². The number of aliphatic imine (C=N–C) groups is 1. The van der Waals surface area contributed by atoms with E-state index in [1.165, 1.54) is 0 Å². The maximum absolute atomic E-state index is 13.4. The van der Waals surface area contributed by atoms with Crippen LogP contribution in [0.4, 0.5) is 4.39 Å². The summed E-state index contributed by atoms with van der Waals surface area (Å²) in [5.41, 5.74) is 3.43. The standard InChI is InChI=1S/C38H35Cl2FN4O5/c39-31-18-28(26-11-5-2-6-12-26)19-32(40)35(31)37(48)45-33(38(49)50-23-24-8-3-1-4-9-24)15-14-30(46)22-44-36(47)27-13-7-10-25(16-27)17-34-42-20-29(41)21-43-34/h1-13,16,18-19,29,33H,14-15,17,20-23H2,(H,42,43)(H,44,47)(H,45,48)/t33-/m0/s1. The molecule has 1 aliphatic heterocycles. The first-order valence-corrected chi connectivity index (χ1v) is 16.8. The van der Waals surface area contributed by atoms with Gasteiger partial charge in [-0.05, 0) is 52.9 Å². The summed E-state index contributed by atoms with van der Waals surface area (Å²) in [6, 6.07) is 27.3. The van der Waals surface area contributed by atoms with Crippen LogP contribution in [0.3, 0.4) is 0 Å². The highest BCUT2D eigenvalue weighted by Gasteiger charge is 2.27. The number of hydrogen-bond donors (Lipinski definition) is 3. The van der Waals surface area contributed by atoms with E-state index in [1.54, 1.807) is 54.6 Å². The zero-order valence-electron chi connectivity index (χ0n) is 27.0. The van der Waals surface area contributed by atoms with Crippen molar-refractivity contribution in [2.24, 2.45) is 4.99 Å². The van der Waals surface area contributed by atoms with Gasteiger partial charge in [0.2, 0.25) is 0 Å². The van der Waals surface area contributed by atoms with Crippen molar-refractivity contribution in [2.45, 2.75) is 38.1 Å². The third kappa shape index (κ3) is 10.2. The third-order valence-electron chi connectivity index (χ3n) is 7.92. The minimum Gasteiger partial charge on any atom is -0.459 e. The summed E-state index contributed by atoms with van der Waals surface area (Å²) in [7, 11) is 0. The number of nitrogens with one attached hydrogen (secondary N) is 3. The summed E-state index contributed by atoms with van der Waals surface area (Å²) >= 11 is 13.0. The van der Waals surface area contributed by atoms with Crippen molar-refractivity contribution in [3.05, 3.63) is 129 Å². The van der Waals surface area contributed by atoms with Gasteiger partial charge in [-0.3, -0.25) is 19.4 Å². The average Bonchev–Trinajstić information content (AvgIpc) is 3.12. The Morgan fingerprint density at radius 2 is 1.54 bits per heavy atom. The Kier molecular flexibility index (Phi) is 12.7. The quantitative estimate of drug-likeness (QED) is 0.134. The van der Waals surface area contributed by atoms with Gasteiger partial charge in [0.1, 0.15) is 24.7 Å². The summed E-state index contributed by atoms with van der Waals surface area (Å²) in [6.45, 7) is -0.0429. The minimum atomic E-state index is -1.22. The van der Waals surface area contributed by atoms with E-state index in [-0.39, 0.29) is 60.5 Å². The summed E-state index contributed by atoms with van der Waals surface area (Å²) in [4.78, 5) is 56.6. The molecule has 0 fully saturated rings. The van der Waals surface area contributed by atoms with E-state index in [1.807, 2.05) is 42.5 Å². The molecule has 2 amide bonds. The van der Waals surface area contributed by atoms with Crippen LogP contribution in [0.2, 0.25) is 10.0 Å². The van der Waals surface area contributed by atoms with E-state index in [9.17, 15) is 23.6 Å². The number of rotatable bonds is 14. The van der Waals surface area contributed by atoms with Gasteiger partial charge < -0.3 is 20.7 Å². The fraction of sp³-hybridized carbons (Fsp3) is 0.237. The largest absolute Gasteiger partial charge is 0.459 e. The van der Waals surface area contributed by atoms with E-state index in [2.05, 4.69) is 20.9 Å². The molecule has 0 saturated heterocycles. The van der Waals surface area contributed by atoms with E-state index in [4.69, 9.17) is 27.9 Å². The third-order valence-corrected chi connectivity index (χ3v) is 8.51. The molecule has 4 aromatic rings. The number of benzene rings is 4. The molecule has 2 atom stereocenters. The van der Waals surface area contributed by atoms with Crippen LogP contribution in [-0.2, 0) is 27.4 Å². The zero-order valence-corrected chi connectivity index (χ0v) is 28.5. The van der Waals surface area contributed by atoms with Crippen LogP contribution in [0, 0.1) is 0 Å². The number of carbonyl (C=O) groups is 4. The van der Waals surface area contributed by atoms with Gasteiger partial charge in [0.05, 0.1) is 28.7 Å². The lowest BCUT2D eigenvalue weighted by atomic mass is 10.0. The fourth-order valence-corrected chi connectivity index (χ4v) is 5.92. The SMILES string of the molecule is O=C(CC[C@H](NC(=O)c1c(Cl)cc(-c2ccccc2)cc1Cl)C(=O)OCc1ccccc1)CNC(=O)c1cccc(CC2=NCC(F)CN2)c1. The van der Waals surface area contributed by atoms with Crippen molar-refractivity contribution in [1.29, 1.82) is 0 Å². The molecule has 1 unspecified atom stereocenters. The van der Waals surface area contributed by atoms with Crippen molar-refractivity contribution in [2.75, 3.05) is 19.6 Å². The summed E-state index contributed by atoms with van der Waals surface area (Å²) < 4.78 is 18.9. The highest BCUT2D eigenvalue weighted by Crippen LogP contribution is 2.32. The highest BCUT2D eigenvalue weighted by molar-refractivity contribution is 6.40. The summed E-state index contributed by atoms with van der Waals surface area (Å²) in [5, 5.41) is 8.37. The number of Topliss-reactive ketones (excluding diaryl/α,β-unsaturated/α-hetero) is 1. The lowest BCUT2D eigenvalue weighted by Gasteiger charge is -2.19. The molecule has 1 aliphatic rings. The molecule has 50 heavy (non-hydrogen) atoms. The van der Waals surface area contributed by atoms with Crippen LogP contribution in [0.15, 0.2) is 102 Å².